The predicted octanol–water partition coefficient (Wildman–Crippen LogP) is 1.93. The standard InChI is InChI=1S/C12H18N6OS/c1-3-8(12-14-4-5-20-12)15-9-6-10(18-13)17-11(16-9)7-19-2/h4-6,8H,3,7,13H2,1-2H3,(H2,15,16,17,18). The van der Waals surface area contributed by atoms with Gasteiger partial charge in [-0.3, -0.25) is 0 Å². The van der Waals surface area contributed by atoms with Gasteiger partial charge in [-0.1, -0.05) is 6.92 Å². The molecule has 0 aliphatic rings. The number of thiazole rings is 1. The van der Waals surface area contributed by atoms with Crippen LogP contribution in [0.5, 0.6) is 0 Å². The van der Waals surface area contributed by atoms with Crippen LogP contribution in [0, 0.1) is 0 Å². The Balaban J connectivity index is 2.20. The van der Waals surface area contributed by atoms with Gasteiger partial charge in [-0.2, -0.15) is 0 Å². The number of hydrazine groups is 1. The Hall–Kier alpha value is -1.77. The molecule has 2 rings (SSSR count). The molecular weight excluding hydrogens is 276 g/mol. The van der Waals surface area contributed by atoms with E-state index in [0.29, 0.717) is 24.1 Å². The summed E-state index contributed by atoms with van der Waals surface area (Å²) in [6.45, 7) is 2.43. The summed E-state index contributed by atoms with van der Waals surface area (Å²) >= 11 is 1.62. The van der Waals surface area contributed by atoms with Gasteiger partial charge in [0.15, 0.2) is 5.82 Å². The molecule has 4 N–H and O–H groups in total. The molecule has 2 heterocycles. The lowest BCUT2D eigenvalue weighted by atomic mass is 10.2. The van der Waals surface area contributed by atoms with E-state index < -0.39 is 0 Å². The van der Waals surface area contributed by atoms with Gasteiger partial charge >= 0.3 is 0 Å². The van der Waals surface area contributed by atoms with E-state index in [0.717, 1.165) is 11.4 Å². The fourth-order valence-corrected chi connectivity index (χ4v) is 2.53. The summed E-state index contributed by atoms with van der Waals surface area (Å²) in [7, 11) is 1.60. The topological polar surface area (TPSA) is 98.0 Å². The summed E-state index contributed by atoms with van der Waals surface area (Å²) in [6.07, 6.45) is 2.70. The molecule has 8 heteroatoms. The van der Waals surface area contributed by atoms with Crippen LogP contribution in [0.3, 0.4) is 0 Å². The van der Waals surface area contributed by atoms with Gasteiger partial charge in [0.25, 0.3) is 0 Å². The number of nitrogen functional groups attached to an aromatic ring is 1. The van der Waals surface area contributed by atoms with Crippen molar-refractivity contribution in [2.45, 2.75) is 26.0 Å². The fraction of sp³-hybridized carbons (Fsp3) is 0.417. The molecule has 0 saturated heterocycles. The van der Waals surface area contributed by atoms with Gasteiger partial charge in [-0.25, -0.2) is 20.8 Å². The molecule has 0 bridgehead atoms. The van der Waals surface area contributed by atoms with E-state index >= 15 is 0 Å². The number of anilines is 2. The van der Waals surface area contributed by atoms with Crippen molar-refractivity contribution in [2.24, 2.45) is 5.84 Å². The van der Waals surface area contributed by atoms with Gasteiger partial charge in [-0.05, 0) is 6.42 Å². The number of nitrogens with two attached hydrogens (primary N) is 1. The van der Waals surface area contributed by atoms with E-state index in [-0.39, 0.29) is 6.04 Å². The first kappa shape index (κ1) is 14.6. The van der Waals surface area contributed by atoms with Crippen LogP contribution in [0.25, 0.3) is 0 Å². The monoisotopic (exact) mass is 294 g/mol. The second-order valence-electron chi connectivity index (χ2n) is 4.11. The zero-order valence-corrected chi connectivity index (χ0v) is 12.3. The number of hydrogen-bond donors (Lipinski definition) is 3. The highest BCUT2D eigenvalue weighted by Gasteiger charge is 2.13. The summed E-state index contributed by atoms with van der Waals surface area (Å²) in [6, 6.07) is 1.88. The zero-order valence-electron chi connectivity index (χ0n) is 11.5. The first-order valence-electron chi connectivity index (χ1n) is 6.26. The zero-order chi connectivity index (χ0) is 14.4. The minimum Gasteiger partial charge on any atom is -0.377 e. The molecule has 0 amide bonds. The Morgan fingerprint density at radius 2 is 2.20 bits per heavy atom. The smallest absolute Gasteiger partial charge is 0.158 e. The Kier molecular flexibility index (Phi) is 5.22. The minimum atomic E-state index is 0.117. The van der Waals surface area contributed by atoms with Crippen LogP contribution in [0.2, 0.25) is 0 Å². The average molecular weight is 294 g/mol. The predicted molar refractivity (Wildman–Crippen MR) is 79.3 cm³/mol. The van der Waals surface area contributed by atoms with Crippen LogP contribution >= 0.6 is 11.3 Å². The highest BCUT2D eigenvalue weighted by molar-refractivity contribution is 7.09. The van der Waals surface area contributed by atoms with Crippen molar-refractivity contribution in [2.75, 3.05) is 17.9 Å². The molecule has 1 unspecified atom stereocenters. The van der Waals surface area contributed by atoms with Crippen molar-refractivity contribution in [3.05, 3.63) is 28.5 Å². The molecule has 0 saturated carbocycles. The highest BCUT2D eigenvalue weighted by atomic mass is 32.1. The number of aromatic nitrogens is 3. The average Bonchev–Trinajstić information content (AvgIpc) is 2.99. The van der Waals surface area contributed by atoms with Crippen LogP contribution < -0.4 is 16.6 Å². The molecule has 1 atom stereocenters. The third-order valence-corrected chi connectivity index (χ3v) is 3.56. The van der Waals surface area contributed by atoms with Crippen molar-refractivity contribution in [3.8, 4) is 0 Å². The summed E-state index contributed by atoms with van der Waals surface area (Å²) in [5.74, 6) is 7.23. The molecule has 0 spiro atoms. The molecule has 2 aromatic heterocycles. The number of nitrogens with one attached hydrogen (secondary N) is 2. The lowest BCUT2D eigenvalue weighted by molar-refractivity contribution is 0.178. The second-order valence-corrected chi connectivity index (χ2v) is 5.03. The molecule has 0 aliphatic carbocycles. The van der Waals surface area contributed by atoms with Crippen molar-refractivity contribution >= 4 is 23.0 Å². The van der Waals surface area contributed by atoms with Crippen LogP contribution in [-0.4, -0.2) is 22.1 Å². The number of rotatable bonds is 7. The van der Waals surface area contributed by atoms with Gasteiger partial charge in [-0.15, -0.1) is 11.3 Å². The van der Waals surface area contributed by atoms with E-state index in [1.54, 1.807) is 30.7 Å². The van der Waals surface area contributed by atoms with Crippen LogP contribution in [0.1, 0.15) is 30.2 Å². The van der Waals surface area contributed by atoms with Gasteiger partial charge in [0.1, 0.15) is 23.3 Å². The Morgan fingerprint density at radius 1 is 1.40 bits per heavy atom. The number of methoxy groups -OCH3 is 1. The Labute approximate surface area is 121 Å². The van der Waals surface area contributed by atoms with Crippen LogP contribution in [-0.2, 0) is 11.3 Å². The van der Waals surface area contributed by atoms with Gasteiger partial charge in [0.2, 0.25) is 0 Å². The molecule has 108 valence electrons. The molecule has 2 aromatic rings. The maximum Gasteiger partial charge on any atom is 0.158 e. The molecule has 0 fully saturated rings. The molecule has 0 aromatic carbocycles. The SMILES string of the molecule is CCC(Nc1cc(NN)nc(COC)n1)c1nccs1. The maximum atomic E-state index is 5.42. The Morgan fingerprint density at radius 3 is 2.80 bits per heavy atom. The molecule has 20 heavy (non-hydrogen) atoms. The molecule has 0 radical (unpaired) electrons. The van der Waals surface area contributed by atoms with E-state index in [9.17, 15) is 0 Å². The summed E-state index contributed by atoms with van der Waals surface area (Å²) < 4.78 is 5.05. The van der Waals surface area contributed by atoms with Gasteiger partial charge in [0, 0.05) is 24.8 Å². The minimum absolute atomic E-state index is 0.117. The third-order valence-electron chi connectivity index (χ3n) is 2.67. The highest BCUT2D eigenvalue weighted by Crippen LogP contribution is 2.24. The maximum absolute atomic E-state index is 5.42. The number of nitrogens with zero attached hydrogens (tertiary/aromatic N) is 3. The van der Waals surface area contributed by atoms with Crippen molar-refractivity contribution in [1.82, 2.24) is 15.0 Å². The molecule has 7 nitrogen and oxygen atoms in total. The van der Waals surface area contributed by atoms with Gasteiger partial charge < -0.3 is 15.5 Å². The summed E-state index contributed by atoms with van der Waals surface area (Å²) in [4.78, 5) is 12.9. The quantitative estimate of drug-likeness (QED) is 0.530. The van der Waals surface area contributed by atoms with Gasteiger partial charge in [0.05, 0.1) is 6.04 Å². The lowest BCUT2D eigenvalue weighted by Crippen LogP contribution is -2.15. The van der Waals surface area contributed by atoms with E-state index in [1.165, 1.54) is 0 Å². The molecular formula is C12H18N6OS. The van der Waals surface area contributed by atoms with Crippen LogP contribution in [0.15, 0.2) is 17.6 Å². The first-order valence-corrected chi connectivity index (χ1v) is 7.14. The normalized spacial score (nSPS) is 12.2. The molecule has 0 aliphatic heterocycles. The van der Waals surface area contributed by atoms with Crippen LogP contribution in [0.4, 0.5) is 11.6 Å². The van der Waals surface area contributed by atoms with Crippen molar-refractivity contribution in [3.63, 3.8) is 0 Å². The van der Waals surface area contributed by atoms with E-state index in [4.69, 9.17) is 10.6 Å². The largest absolute Gasteiger partial charge is 0.377 e. The number of hydrogen-bond acceptors (Lipinski definition) is 8. The van der Waals surface area contributed by atoms with Crippen molar-refractivity contribution < 1.29 is 4.74 Å². The van der Waals surface area contributed by atoms with E-state index in [2.05, 4.69) is 32.6 Å². The number of ether oxygens (including phenoxy) is 1. The second kappa shape index (κ2) is 7.13. The first-order chi connectivity index (χ1) is 9.76. The summed E-state index contributed by atoms with van der Waals surface area (Å²) in [5.41, 5.74) is 2.53. The van der Waals surface area contributed by atoms with Crippen molar-refractivity contribution in [1.29, 1.82) is 0 Å². The Bertz CT molecular complexity index is 533. The fourth-order valence-electron chi connectivity index (χ4n) is 1.76. The van der Waals surface area contributed by atoms with E-state index in [1.807, 2.05) is 5.38 Å². The lowest BCUT2D eigenvalue weighted by Gasteiger charge is -2.16. The third kappa shape index (κ3) is 3.62. The summed E-state index contributed by atoms with van der Waals surface area (Å²) in [5, 5.41) is 6.34.